The molecule has 0 aliphatic carbocycles. The zero-order chi connectivity index (χ0) is 15.0. The molecule has 110 valence electrons. The largest absolute Gasteiger partial charge is 0.494 e. The van der Waals surface area contributed by atoms with E-state index in [2.05, 4.69) is 5.32 Å². The molecule has 0 spiro atoms. The van der Waals surface area contributed by atoms with Crippen molar-refractivity contribution in [3.63, 3.8) is 0 Å². The summed E-state index contributed by atoms with van der Waals surface area (Å²) in [5.74, 6) is -0.457. The SMILES string of the molecule is CCCOc1ccc(C(=O)NC(CC)CC(=O)O)cc1. The van der Waals surface area contributed by atoms with E-state index in [-0.39, 0.29) is 18.4 Å². The maximum atomic E-state index is 12.0. The fourth-order valence-electron chi connectivity index (χ4n) is 1.70. The summed E-state index contributed by atoms with van der Waals surface area (Å²) in [6.07, 6.45) is 1.44. The Morgan fingerprint density at radius 2 is 1.90 bits per heavy atom. The van der Waals surface area contributed by atoms with E-state index in [0.29, 0.717) is 18.6 Å². The Kier molecular flexibility index (Phi) is 6.56. The highest BCUT2D eigenvalue weighted by atomic mass is 16.5. The van der Waals surface area contributed by atoms with Crippen molar-refractivity contribution >= 4 is 11.9 Å². The van der Waals surface area contributed by atoms with E-state index in [1.54, 1.807) is 24.3 Å². The molecule has 1 amide bonds. The Balaban J connectivity index is 2.60. The van der Waals surface area contributed by atoms with Gasteiger partial charge in [-0.1, -0.05) is 13.8 Å². The quantitative estimate of drug-likeness (QED) is 0.766. The molecule has 0 aliphatic rings. The Labute approximate surface area is 118 Å². The van der Waals surface area contributed by atoms with Crippen molar-refractivity contribution in [3.05, 3.63) is 29.8 Å². The van der Waals surface area contributed by atoms with E-state index in [4.69, 9.17) is 9.84 Å². The molecule has 20 heavy (non-hydrogen) atoms. The number of aliphatic carboxylic acids is 1. The number of ether oxygens (including phenoxy) is 1. The zero-order valence-electron chi connectivity index (χ0n) is 11.9. The van der Waals surface area contributed by atoms with Gasteiger partial charge in [0.05, 0.1) is 13.0 Å². The minimum atomic E-state index is -0.916. The summed E-state index contributed by atoms with van der Waals surface area (Å²) in [6, 6.07) is 6.48. The molecule has 5 nitrogen and oxygen atoms in total. The lowest BCUT2D eigenvalue weighted by atomic mass is 10.1. The smallest absolute Gasteiger partial charge is 0.305 e. The molecule has 5 heteroatoms. The van der Waals surface area contributed by atoms with Gasteiger partial charge >= 0.3 is 5.97 Å². The first-order chi connectivity index (χ1) is 9.56. The van der Waals surface area contributed by atoms with Gasteiger partial charge in [-0.05, 0) is 37.1 Å². The highest BCUT2D eigenvalue weighted by molar-refractivity contribution is 5.94. The van der Waals surface area contributed by atoms with Gasteiger partial charge in [0.25, 0.3) is 5.91 Å². The number of hydrogen-bond donors (Lipinski definition) is 2. The number of benzene rings is 1. The topological polar surface area (TPSA) is 75.6 Å². The number of carboxylic acid groups (broad SMARTS) is 1. The Hall–Kier alpha value is -2.04. The number of rotatable bonds is 8. The molecule has 1 aromatic carbocycles. The number of carbonyl (C=O) groups excluding carboxylic acids is 1. The van der Waals surface area contributed by atoms with Crippen LogP contribution in [0.5, 0.6) is 5.75 Å². The van der Waals surface area contributed by atoms with Crippen LogP contribution in [0.4, 0.5) is 0 Å². The molecule has 1 atom stereocenters. The third-order valence-electron chi connectivity index (χ3n) is 2.84. The molecule has 0 heterocycles. The third kappa shape index (κ3) is 5.30. The van der Waals surface area contributed by atoms with Crippen LogP contribution in [0.1, 0.15) is 43.5 Å². The molecular formula is C15H21NO4. The zero-order valence-corrected chi connectivity index (χ0v) is 11.9. The van der Waals surface area contributed by atoms with E-state index < -0.39 is 5.97 Å². The van der Waals surface area contributed by atoms with Gasteiger partial charge in [0.15, 0.2) is 0 Å². The van der Waals surface area contributed by atoms with E-state index in [1.807, 2.05) is 13.8 Å². The van der Waals surface area contributed by atoms with Gasteiger partial charge in [0.2, 0.25) is 0 Å². The van der Waals surface area contributed by atoms with Crippen LogP contribution in [0, 0.1) is 0 Å². The van der Waals surface area contributed by atoms with Crippen LogP contribution in [0.15, 0.2) is 24.3 Å². The molecule has 0 saturated carbocycles. The van der Waals surface area contributed by atoms with Crippen LogP contribution >= 0.6 is 0 Å². The van der Waals surface area contributed by atoms with Crippen molar-refractivity contribution in [1.29, 1.82) is 0 Å². The number of carboxylic acids is 1. The second-order valence-corrected chi connectivity index (χ2v) is 4.55. The molecule has 0 aromatic heterocycles. The third-order valence-corrected chi connectivity index (χ3v) is 2.84. The highest BCUT2D eigenvalue weighted by Gasteiger charge is 2.15. The van der Waals surface area contributed by atoms with Gasteiger partial charge in [-0.25, -0.2) is 0 Å². The second-order valence-electron chi connectivity index (χ2n) is 4.55. The van der Waals surface area contributed by atoms with E-state index >= 15 is 0 Å². The summed E-state index contributed by atoms with van der Waals surface area (Å²) >= 11 is 0. The molecule has 0 aliphatic heterocycles. The summed E-state index contributed by atoms with van der Waals surface area (Å²) in [7, 11) is 0. The molecule has 1 rings (SSSR count). The van der Waals surface area contributed by atoms with Gasteiger partial charge < -0.3 is 15.2 Å². The van der Waals surface area contributed by atoms with Gasteiger partial charge in [-0.15, -0.1) is 0 Å². The Bertz CT molecular complexity index is 442. The van der Waals surface area contributed by atoms with Gasteiger partial charge in [0.1, 0.15) is 5.75 Å². The first-order valence-corrected chi connectivity index (χ1v) is 6.82. The summed E-state index contributed by atoms with van der Waals surface area (Å²) < 4.78 is 5.44. The fraction of sp³-hybridized carbons (Fsp3) is 0.467. The number of amides is 1. The van der Waals surface area contributed by atoms with Crippen LogP contribution < -0.4 is 10.1 Å². The summed E-state index contributed by atoms with van der Waals surface area (Å²) in [6.45, 7) is 4.51. The van der Waals surface area contributed by atoms with Crippen molar-refractivity contribution in [2.45, 2.75) is 39.2 Å². The molecule has 0 fully saturated rings. The molecule has 1 aromatic rings. The lowest BCUT2D eigenvalue weighted by Gasteiger charge is -2.15. The number of nitrogens with one attached hydrogen (secondary N) is 1. The van der Waals surface area contributed by atoms with Crippen LogP contribution in [-0.2, 0) is 4.79 Å². The predicted molar refractivity (Wildman–Crippen MR) is 76.0 cm³/mol. The molecule has 1 unspecified atom stereocenters. The standard InChI is InChI=1S/C15H21NO4/c1-3-9-20-13-7-5-11(6-8-13)15(19)16-12(4-2)10-14(17)18/h5-8,12H,3-4,9-10H2,1-2H3,(H,16,19)(H,17,18). The van der Waals surface area contributed by atoms with Crippen molar-refractivity contribution < 1.29 is 19.4 Å². The molecule has 0 radical (unpaired) electrons. The fourth-order valence-corrected chi connectivity index (χ4v) is 1.70. The number of carbonyl (C=O) groups is 2. The lowest BCUT2D eigenvalue weighted by Crippen LogP contribution is -2.35. The molecular weight excluding hydrogens is 258 g/mol. The summed E-state index contributed by atoms with van der Waals surface area (Å²) in [5.41, 5.74) is 0.498. The summed E-state index contributed by atoms with van der Waals surface area (Å²) in [4.78, 5) is 22.6. The van der Waals surface area contributed by atoms with E-state index in [9.17, 15) is 9.59 Å². The van der Waals surface area contributed by atoms with Crippen LogP contribution in [0.25, 0.3) is 0 Å². The van der Waals surface area contributed by atoms with Gasteiger partial charge in [-0.3, -0.25) is 9.59 Å². The van der Waals surface area contributed by atoms with Crippen LogP contribution in [-0.4, -0.2) is 29.6 Å². The minimum absolute atomic E-state index is 0.0695. The Morgan fingerprint density at radius 1 is 1.25 bits per heavy atom. The summed E-state index contributed by atoms with van der Waals surface area (Å²) in [5, 5.41) is 11.5. The van der Waals surface area contributed by atoms with Crippen LogP contribution in [0.3, 0.4) is 0 Å². The molecule has 0 bridgehead atoms. The highest BCUT2D eigenvalue weighted by Crippen LogP contribution is 2.13. The average Bonchev–Trinajstić information content (AvgIpc) is 2.44. The maximum absolute atomic E-state index is 12.0. The van der Waals surface area contributed by atoms with Crippen molar-refractivity contribution in [2.75, 3.05) is 6.61 Å². The maximum Gasteiger partial charge on any atom is 0.305 e. The van der Waals surface area contributed by atoms with E-state index in [1.165, 1.54) is 0 Å². The predicted octanol–water partition coefficient (Wildman–Crippen LogP) is 2.46. The normalized spacial score (nSPS) is 11.7. The first kappa shape index (κ1) is 16.0. The van der Waals surface area contributed by atoms with Crippen molar-refractivity contribution in [3.8, 4) is 5.75 Å². The Morgan fingerprint density at radius 3 is 2.40 bits per heavy atom. The molecule has 0 saturated heterocycles. The van der Waals surface area contributed by atoms with E-state index in [0.717, 1.165) is 12.2 Å². The molecule has 2 N–H and O–H groups in total. The number of hydrogen-bond acceptors (Lipinski definition) is 3. The monoisotopic (exact) mass is 279 g/mol. The lowest BCUT2D eigenvalue weighted by molar-refractivity contribution is -0.137. The van der Waals surface area contributed by atoms with Crippen molar-refractivity contribution in [1.82, 2.24) is 5.32 Å². The van der Waals surface area contributed by atoms with Gasteiger partial charge in [0, 0.05) is 11.6 Å². The first-order valence-electron chi connectivity index (χ1n) is 6.82. The second kappa shape index (κ2) is 8.19. The van der Waals surface area contributed by atoms with Crippen molar-refractivity contribution in [2.24, 2.45) is 0 Å². The minimum Gasteiger partial charge on any atom is -0.494 e. The van der Waals surface area contributed by atoms with Gasteiger partial charge in [-0.2, -0.15) is 0 Å². The van der Waals surface area contributed by atoms with Crippen LogP contribution in [0.2, 0.25) is 0 Å². The average molecular weight is 279 g/mol.